The van der Waals surface area contributed by atoms with Gasteiger partial charge in [-0.25, -0.2) is 0 Å². The molecule has 1 heterocycles. The van der Waals surface area contributed by atoms with Gasteiger partial charge in [-0.2, -0.15) is 0 Å². The number of rotatable bonds is 3. The van der Waals surface area contributed by atoms with Crippen molar-refractivity contribution in [1.82, 2.24) is 10.2 Å². The molecule has 16 heavy (non-hydrogen) atoms. The van der Waals surface area contributed by atoms with Gasteiger partial charge in [0.15, 0.2) is 5.96 Å². The Labute approximate surface area is 101 Å². The Morgan fingerprint density at radius 3 is 2.69 bits per heavy atom. The first-order chi connectivity index (χ1) is 7.79. The number of aliphatic imine (C=N–C) groups is 1. The van der Waals surface area contributed by atoms with Gasteiger partial charge < -0.3 is 10.2 Å². The van der Waals surface area contributed by atoms with E-state index < -0.39 is 0 Å². The Hall–Kier alpha value is -1.16. The van der Waals surface area contributed by atoms with Crippen molar-refractivity contribution < 1.29 is 0 Å². The molecule has 2 rings (SSSR count). The van der Waals surface area contributed by atoms with Crippen LogP contribution >= 0.6 is 11.8 Å². The number of thioether (sulfide) groups is 1. The van der Waals surface area contributed by atoms with Crippen molar-refractivity contribution in [2.24, 2.45) is 4.99 Å². The van der Waals surface area contributed by atoms with Gasteiger partial charge in [0.2, 0.25) is 0 Å². The number of hydrogen-bond donors (Lipinski definition) is 1. The molecule has 0 saturated heterocycles. The first kappa shape index (κ1) is 11.3. The lowest BCUT2D eigenvalue weighted by Crippen LogP contribution is -2.35. The van der Waals surface area contributed by atoms with Gasteiger partial charge in [-0.1, -0.05) is 12.1 Å². The summed E-state index contributed by atoms with van der Waals surface area (Å²) in [4.78, 5) is 7.85. The smallest absolute Gasteiger partial charge is 0.194 e. The zero-order valence-electron chi connectivity index (χ0n) is 9.73. The van der Waals surface area contributed by atoms with Crippen molar-refractivity contribution in [3.63, 3.8) is 0 Å². The molecule has 1 aromatic rings. The normalized spacial score (nSPS) is 15.1. The van der Waals surface area contributed by atoms with E-state index in [4.69, 9.17) is 0 Å². The largest absolute Gasteiger partial charge is 0.352 e. The number of nitrogens with zero attached hydrogens (tertiary/aromatic N) is 2. The molecule has 0 radical (unpaired) electrons. The average molecular weight is 235 g/mol. The third-order valence-corrected chi connectivity index (χ3v) is 3.41. The van der Waals surface area contributed by atoms with Crippen LogP contribution in [-0.4, -0.2) is 37.3 Å². The molecule has 1 aromatic carbocycles. The van der Waals surface area contributed by atoms with Crippen LogP contribution < -0.4 is 5.32 Å². The summed E-state index contributed by atoms with van der Waals surface area (Å²) in [6, 6.07) is 8.63. The zero-order chi connectivity index (χ0) is 11.4. The highest BCUT2D eigenvalue weighted by atomic mass is 32.2. The van der Waals surface area contributed by atoms with E-state index in [-0.39, 0.29) is 0 Å². The second kappa shape index (κ2) is 5.25. The van der Waals surface area contributed by atoms with Crippen LogP contribution in [0.2, 0.25) is 0 Å². The quantitative estimate of drug-likeness (QED) is 0.810. The molecule has 0 atom stereocenters. The summed E-state index contributed by atoms with van der Waals surface area (Å²) in [5.41, 5.74) is 1.29. The molecule has 0 saturated carbocycles. The van der Waals surface area contributed by atoms with Gasteiger partial charge in [0.25, 0.3) is 0 Å². The summed E-state index contributed by atoms with van der Waals surface area (Å²) >= 11 is 1.77. The highest BCUT2D eigenvalue weighted by molar-refractivity contribution is 7.98. The van der Waals surface area contributed by atoms with Crippen LogP contribution in [0.15, 0.2) is 34.2 Å². The molecule has 86 valence electrons. The highest BCUT2D eigenvalue weighted by Gasteiger charge is 2.10. The number of hydrogen-bond acceptors (Lipinski definition) is 4. The van der Waals surface area contributed by atoms with E-state index in [1.165, 1.54) is 10.5 Å². The van der Waals surface area contributed by atoms with Gasteiger partial charge >= 0.3 is 0 Å². The van der Waals surface area contributed by atoms with Crippen LogP contribution in [0, 0.1) is 0 Å². The molecule has 1 aliphatic rings. The summed E-state index contributed by atoms with van der Waals surface area (Å²) in [5, 5.41) is 3.35. The topological polar surface area (TPSA) is 27.6 Å². The summed E-state index contributed by atoms with van der Waals surface area (Å²) < 4.78 is 0. The molecule has 3 nitrogen and oxygen atoms in total. The fourth-order valence-corrected chi connectivity index (χ4v) is 2.06. The summed E-state index contributed by atoms with van der Waals surface area (Å²) in [6.07, 6.45) is 2.09. The maximum absolute atomic E-state index is 4.39. The van der Waals surface area contributed by atoms with Crippen molar-refractivity contribution in [2.45, 2.75) is 11.4 Å². The first-order valence-corrected chi connectivity index (χ1v) is 6.64. The molecular formula is C12H17N3S. The minimum absolute atomic E-state index is 0.845. The van der Waals surface area contributed by atoms with Crippen molar-refractivity contribution in [1.29, 1.82) is 0 Å². The molecular weight excluding hydrogens is 218 g/mol. The predicted molar refractivity (Wildman–Crippen MR) is 70.0 cm³/mol. The number of nitrogens with one attached hydrogen (secondary N) is 1. The molecule has 0 unspecified atom stereocenters. The van der Waals surface area contributed by atoms with Gasteiger partial charge in [0.1, 0.15) is 0 Å². The fourth-order valence-electron chi connectivity index (χ4n) is 1.65. The van der Waals surface area contributed by atoms with E-state index in [1.807, 2.05) is 0 Å². The van der Waals surface area contributed by atoms with Crippen LogP contribution in [0.5, 0.6) is 0 Å². The Bertz CT molecular complexity index is 372. The molecule has 1 aliphatic heterocycles. The Kier molecular flexibility index (Phi) is 3.72. The van der Waals surface area contributed by atoms with Crippen molar-refractivity contribution in [2.75, 3.05) is 26.4 Å². The lowest BCUT2D eigenvalue weighted by Gasteiger charge is -2.15. The Balaban J connectivity index is 1.89. The maximum Gasteiger partial charge on any atom is 0.194 e. The van der Waals surface area contributed by atoms with Crippen LogP contribution in [-0.2, 0) is 6.54 Å². The summed E-state index contributed by atoms with van der Waals surface area (Å²) in [6.45, 7) is 2.77. The SMILES string of the molecule is CSc1ccc(CNC2=NCCN2C)cc1. The van der Waals surface area contributed by atoms with Crippen molar-refractivity contribution in [3.8, 4) is 0 Å². The molecule has 4 heteroatoms. The third kappa shape index (κ3) is 2.70. The molecule has 0 spiro atoms. The second-order valence-electron chi connectivity index (χ2n) is 3.83. The monoisotopic (exact) mass is 235 g/mol. The molecule has 0 aliphatic carbocycles. The molecule has 0 bridgehead atoms. The highest BCUT2D eigenvalue weighted by Crippen LogP contribution is 2.14. The van der Waals surface area contributed by atoms with E-state index >= 15 is 0 Å². The number of benzene rings is 1. The van der Waals surface area contributed by atoms with Crippen LogP contribution in [0.25, 0.3) is 0 Å². The molecule has 0 amide bonds. The van der Waals surface area contributed by atoms with Gasteiger partial charge in [-0.05, 0) is 24.0 Å². The van der Waals surface area contributed by atoms with E-state index in [0.29, 0.717) is 0 Å². The van der Waals surface area contributed by atoms with Crippen LogP contribution in [0.1, 0.15) is 5.56 Å². The van der Waals surface area contributed by atoms with E-state index in [0.717, 1.165) is 25.6 Å². The van der Waals surface area contributed by atoms with Gasteiger partial charge in [-0.3, -0.25) is 4.99 Å². The second-order valence-corrected chi connectivity index (χ2v) is 4.71. The first-order valence-electron chi connectivity index (χ1n) is 5.42. The van der Waals surface area contributed by atoms with Gasteiger partial charge in [0, 0.05) is 25.0 Å². The van der Waals surface area contributed by atoms with E-state index in [9.17, 15) is 0 Å². The zero-order valence-corrected chi connectivity index (χ0v) is 10.5. The molecule has 0 aromatic heterocycles. The van der Waals surface area contributed by atoms with Gasteiger partial charge in [0.05, 0.1) is 6.54 Å². The number of likely N-dealkylation sites (N-methyl/N-ethyl adjacent to an activating group) is 1. The third-order valence-electron chi connectivity index (χ3n) is 2.67. The lowest BCUT2D eigenvalue weighted by molar-refractivity contribution is 0.534. The van der Waals surface area contributed by atoms with Crippen molar-refractivity contribution in [3.05, 3.63) is 29.8 Å². The average Bonchev–Trinajstić information content (AvgIpc) is 2.73. The summed E-state index contributed by atoms with van der Waals surface area (Å²) in [7, 11) is 2.07. The molecule has 1 N–H and O–H groups in total. The summed E-state index contributed by atoms with van der Waals surface area (Å²) in [5.74, 6) is 1.01. The number of guanidine groups is 1. The van der Waals surface area contributed by atoms with Gasteiger partial charge in [-0.15, -0.1) is 11.8 Å². The van der Waals surface area contributed by atoms with Crippen molar-refractivity contribution >= 4 is 17.7 Å². The van der Waals surface area contributed by atoms with Crippen LogP contribution in [0.3, 0.4) is 0 Å². The fraction of sp³-hybridized carbons (Fsp3) is 0.417. The molecule has 0 fully saturated rings. The van der Waals surface area contributed by atoms with E-state index in [2.05, 4.69) is 52.8 Å². The minimum Gasteiger partial charge on any atom is -0.352 e. The predicted octanol–water partition coefficient (Wildman–Crippen LogP) is 1.80. The minimum atomic E-state index is 0.845. The van der Waals surface area contributed by atoms with Crippen LogP contribution in [0.4, 0.5) is 0 Å². The Morgan fingerprint density at radius 1 is 1.38 bits per heavy atom. The van der Waals surface area contributed by atoms with E-state index in [1.54, 1.807) is 11.8 Å². The standard InChI is InChI=1S/C12H17N3S/c1-15-8-7-13-12(15)14-9-10-3-5-11(16-2)6-4-10/h3-6H,7-9H2,1-2H3,(H,13,14). The lowest BCUT2D eigenvalue weighted by atomic mass is 10.2. The Morgan fingerprint density at radius 2 is 2.12 bits per heavy atom. The maximum atomic E-state index is 4.39.